The summed E-state index contributed by atoms with van der Waals surface area (Å²) in [7, 11) is -1.01. The number of rotatable bonds is 10. The minimum Gasteiger partial charge on any atom is -0.357 e. The standard InChI is InChI=1S/C19H34N4O2S/c1-6-16(3)23(4)15-14-22-19(20-7-2)21-13-12-17-8-10-18(11-9-17)26(5,24)25/h8-11,16H,6-7,12-15H2,1-5H3,(H2,20,21,22). The molecule has 0 heterocycles. The van der Waals surface area contributed by atoms with E-state index in [-0.39, 0.29) is 0 Å². The van der Waals surface area contributed by atoms with Gasteiger partial charge in [0.2, 0.25) is 0 Å². The van der Waals surface area contributed by atoms with Gasteiger partial charge in [0, 0.05) is 31.9 Å². The van der Waals surface area contributed by atoms with E-state index in [1.54, 1.807) is 12.1 Å². The molecule has 1 unspecified atom stereocenters. The number of sulfone groups is 1. The molecular weight excluding hydrogens is 348 g/mol. The van der Waals surface area contributed by atoms with Gasteiger partial charge in [-0.15, -0.1) is 0 Å². The molecular formula is C19H34N4O2S. The maximum absolute atomic E-state index is 11.5. The summed E-state index contributed by atoms with van der Waals surface area (Å²) in [6.07, 6.45) is 3.17. The lowest BCUT2D eigenvalue weighted by Crippen LogP contribution is -2.39. The normalized spacial score (nSPS) is 13.7. The van der Waals surface area contributed by atoms with Crippen LogP contribution in [0.15, 0.2) is 34.2 Å². The lowest BCUT2D eigenvalue weighted by molar-refractivity contribution is 0.259. The molecule has 7 heteroatoms. The van der Waals surface area contributed by atoms with Gasteiger partial charge in [-0.3, -0.25) is 4.99 Å². The predicted molar refractivity (Wildman–Crippen MR) is 110 cm³/mol. The molecule has 0 spiro atoms. The highest BCUT2D eigenvalue weighted by Gasteiger charge is 2.07. The first kappa shape index (κ1) is 22.4. The Morgan fingerprint density at radius 2 is 1.85 bits per heavy atom. The SMILES string of the molecule is CCNC(=NCCN(C)C(C)CC)NCCc1ccc(S(C)(=O)=O)cc1. The molecule has 2 N–H and O–H groups in total. The Bertz CT molecular complexity index is 657. The Kier molecular flexibility index (Phi) is 9.65. The number of likely N-dealkylation sites (N-methyl/N-ethyl adjacent to an activating group) is 1. The molecule has 0 bridgehead atoms. The van der Waals surface area contributed by atoms with Crippen molar-refractivity contribution in [3.05, 3.63) is 29.8 Å². The topological polar surface area (TPSA) is 73.8 Å². The van der Waals surface area contributed by atoms with Gasteiger partial charge in [-0.2, -0.15) is 0 Å². The van der Waals surface area contributed by atoms with Gasteiger partial charge < -0.3 is 15.5 Å². The molecule has 1 rings (SSSR count). The van der Waals surface area contributed by atoms with Gasteiger partial charge in [-0.05, 0) is 51.4 Å². The fraction of sp³-hybridized carbons (Fsp3) is 0.632. The lowest BCUT2D eigenvalue weighted by Gasteiger charge is -2.22. The van der Waals surface area contributed by atoms with E-state index in [2.05, 4.69) is 41.4 Å². The molecule has 1 aromatic rings. The number of nitrogens with zero attached hydrogens (tertiary/aromatic N) is 2. The fourth-order valence-electron chi connectivity index (χ4n) is 2.42. The van der Waals surface area contributed by atoms with Crippen LogP contribution in [0.1, 0.15) is 32.8 Å². The summed E-state index contributed by atoms with van der Waals surface area (Å²) >= 11 is 0. The van der Waals surface area contributed by atoms with Crippen molar-refractivity contribution in [2.45, 2.75) is 44.6 Å². The highest BCUT2D eigenvalue weighted by molar-refractivity contribution is 7.90. The summed E-state index contributed by atoms with van der Waals surface area (Å²) in [5.74, 6) is 0.817. The Labute approximate surface area is 159 Å². The number of aliphatic imine (C=N–C) groups is 1. The van der Waals surface area contributed by atoms with E-state index >= 15 is 0 Å². The second-order valence-corrected chi connectivity index (χ2v) is 8.61. The van der Waals surface area contributed by atoms with Gasteiger partial charge >= 0.3 is 0 Å². The third kappa shape index (κ3) is 8.19. The fourth-order valence-corrected chi connectivity index (χ4v) is 3.05. The summed E-state index contributed by atoms with van der Waals surface area (Å²) in [6.45, 7) is 9.70. The second kappa shape index (κ2) is 11.2. The lowest BCUT2D eigenvalue weighted by atomic mass is 10.1. The molecule has 0 saturated heterocycles. The average molecular weight is 383 g/mol. The van der Waals surface area contributed by atoms with Crippen molar-refractivity contribution in [2.24, 2.45) is 4.99 Å². The van der Waals surface area contributed by atoms with Crippen molar-refractivity contribution in [1.29, 1.82) is 0 Å². The largest absolute Gasteiger partial charge is 0.357 e. The minimum atomic E-state index is -3.14. The Morgan fingerprint density at radius 3 is 2.38 bits per heavy atom. The molecule has 26 heavy (non-hydrogen) atoms. The van der Waals surface area contributed by atoms with Gasteiger partial charge in [-0.25, -0.2) is 8.42 Å². The van der Waals surface area contributed by atoms with E-state index in [1.165, 1.54) is 6.26 Å². The van der Waals surface area contributed by atoms with Gasteiger partial charge in [0.1, 0.15) is 0 Å². The number of nitrogens with one attached hydrogen (secondary N) is 2. The first-order valence-electron chi connectivity index (χ1n) is 9.29. The van der Waals surface area contributed by atoms with Gasteiger partial charge in [0.15, 0.2) is 15.8 Å². The maximum atomic E-state index is 11.5. The smallest absolute Gasteiger partial charge is 0.191 e. The zero-order chi connectivity index (χ0) is 19.6. The van der Waals surface area contributed by atoms with Crippen LogP contribution < -0.4 is 10.6 Å². The van der Waals surface area contributed by atoms with Gasteiger partial charge in [0.05, 0.1) is 11.4 Å². The number of hydrogen-bond donors (Lipinski definition) is 2. The van der Waals surface area contributed by atoms with E-state index in [4.69, 9.17) is 0 Å². The third-order valence-corrected chi connectivity index (χ3v) is 5.60. The Balaban J connectivity index is 2.49. The first-order chi connectivity index (χ1) is 12.3. The molecule has 0 aliphatic rings. The van der Waals surface area contributed by atoms with E-state index in [1.807, 2.05) is 19.1 Å². The molecule has 0 aliphatic carbocycles. The van der Waals surface area contributed by atoms with Crippen molar-refractivity contribution in [2.75, 3.05) is 39.5 Å². The molecule has 0 fully saturated rings. The van der Waals surface area contributed by atoms with Gasteiger partial charge in [0.25, 0.3) is 0 Å². The summed E-state index contributed by atoms with van der Waals surface area (Å²) in [6, 6.07) is 7.62. The van der Waals surface area contributed by atoms with Crippen LogP contribution >= 0.6 is 0 Å². The summed E-state index contributed by atoms with van der Waals surface area (Å²) < 4.78 is 23.0. The molecule has 0 radical (unpaired) electrons. The van der Waals surface area contributed by atoms with Crippen molar-refractivity contribution >= 4 is 15.8 Å². The van der Waals surface area contributed by atoms with Crippen molar-refractivity contribution in [3.8, 4) is 0 Å². The quantitative estimate of drug-likeness (QED) is 0.478. The summed E-state index contributed by atoms with van der Waals surface area (Å²) in [4.78, 5) is 7.29. The minimum absolute atomic E-state index is 0.356. The van der Waals surface area contributed by atoms with Crippen molar-refractivity contribution in [3.63, 3.8) is 0 Å². The first-order valence-corrected chi connectivity index (χ1v) is 11.2. The molecule has 0 aromatic heterocycles. The molecule has 6 nitrogen and oxygen atoms in total. The van der Waals surface area contributed by atoms with E-state index in [9.17, 15) is 8.42 Å². The predicted octanol–water partition coefficient (Wildman–Crippen LogP) is 1.92. The second-order valence-electron chi connectivity index (χ2n) is 6.59. The number of hydrogen-bond acceptors (Lipinski definition) is 4. The van der Waals surface area contributed by atoms with Crippen molar-refractivity contribution < 1.29 is 8.42 Å². The van der Waals surface area contributed by atoms with Crippen LogP contribution in [-0.4, -0.2) is 64.8 Å². The van der Waals surface area contributed by atoms with Crippen LogP contribution in [0.25, 0.3) is 0 Å². The third-order valence-electron chi connectivity index (χ3n) is 4.47. The average Bonchev–Trinajstić information content (AvgIpc) is 2.60. The van der Waals surface area contributed by atoms with Crippen LogP contribution in [0.4, 0.5) is 0 Å². The summed E-state index contributed by atoms with van der Waals surface area (Å²) in [5.41, 5.74) is 1.09. The molecule has 148 valence electrons. The Hall–Kier alpha value is -1.60. The van der Waals surface area contributed by atoms with Crippen LogP contribution in [0, 0.1) is 0 Å². The highest BCUT2D eigenvalue weighted by Crippen LogP contribution is 2.10. The molecule has 1 aromatic carbocycles. The van der Waals surface area contributed by atoms with Crippen LogP contribution in [0.5, 0.6) is 0 Å². The number of guanidine groups is 1. The molecule has 1 atom stereocenters. The zero-order valence-electron chi connectivity index (χ0n) is 16.7. The molecule has 0 aliphatic heterocycles. The molecule has 0 amide bonds. The molecule has 0 saturated carbocycles. The van der Waals surface area contributed by atoms with Crippen LogP contribution in [-0.2, 0) is 16.3 Å². The summed E-state index contributed by atoms with van der Waals surface area (Å²) in [5, 5.41) is 6.59. The van der Waals surface area contributed by atoms with Crippen molar-refractivity contribution in [1.82, 2.24) is 15.5 Å². The van der Waals surface area contributed by atoms with Crippen LogP contribution in [0.2, 0.25) is 0 Å². The maximum Gasteiger partial charge on any atom is 0.191 e. The van der Waals surface area contributed by atoms with Gasteiger partial charge in [-0.1, -0.05) is 19.1 Å². The van der Waals surface area contributed by atoms with E-state index in [0.717, 1.165) is 50.5 Å². The van der Waals surface area contributed by atoms with Crippen LogP contribution in [0.3, 0.4) is 0 Å². The van der Waals surface area contributed by atoms with E-state index < -0.39 is 9.84 Å². The monoisotopic (exact) mass is 382 g/mol. The van der Waals surface area contributed by atoms with E-state index in [0.29, 0.717) is 10.9 Å². The highest BCUT2D eigenvalue weighted by atomic mass is 32.2. The zero-order valence-corrected chi connectivity index (χ0v) is 17.6. The Morgan fingerprint density at radius 1 is 1.19 bits per heavy atom. The number of benzene rings is 1.